The van der Waals surface area contributed by atoms with Gasteiger partial charge in [-0.3, -0.25) is 4.79 Å². The highest BCUT2D eigenvalue weighted by atomic mass is 16.5. The summed E-state index contributed by atoms with van der Waals surface area (Å²) in [5, 5.41) is 13.6. The molecule has 1 aromatic heterocycles. The Kier molecular flexibility index (Phi) is 5.58. The molecule has 4 fully saturated rings. The Morgan fingerprint density at radius 1 is 1.00 bits per heavy atom. The van der Waals surface area contributed by atoms with Crippen molar-refractivity contribution >= 4 is 22.8 Å². The lowest BCUT2D eigenvalue weighted by molar-refractivity contribution is -0.128. The Bertz CT molecular complexity index is 1320. The molecular weight excluding hydrogens is 456 g/mol. The molecule has 7 nitrogen and oxygen atoms in total. The molecule has 2 aromatic carbocycles. The number of pyridine rings is 1. The number of rotatable bonds is 7. The molecule has 7 rings (SSSR count). The van der Waals surface area contributed by atoms with E-state index in [9.17, 15) is 14.7 Å². The van der Waals surface area contributed by atoms with Crippen LogP contribution in [0.15, 0.2) is 48.5 Å². The highest BCUT2D eigenvalue weighted by Gasteiger charge is 2.51. The molecule has 1 heterocycles. The fraction of sp³-hybridized carbons (Fsp3) is 0.414. The van der Waals surface area contributed by atoms with Crippen molar-refractivity contribution in [3.05, 3.63) is 54.1 Å². The molecular formula is C29H30N2O5. The van der Waals surface area contributed by atoms with Gasteiger partial charge in [-0.15, -0.1) is 0 Å². The van der Waals surface area contributed by atoms with Crippen LogP contribution in [0.4, 0.5) is 0 Å². The third kappa shape index (κ3) is 4.16. The van der Waals surface area contributed by atoms with Crippen LogP contribution >= 0.6 is 0 Å². The molecule has 36 heavy (non-hydrogen) atoms. The highest BCUT2D eigenvalue weighted by Crippen LogP contribution is 2.55. The molecule has 0 unspecified atom stereocenters. The Hall–Kier alpha value is -3.61. The fourth-order valence-electron chi connectivity index (χ4n) is 7.19. The fourth-order valence-corrected chi connectivity index (χ4v) is 7.19. The number of ether oxygens (including phenoxy) is 2. The molecule has 186 valence electrons. The van der Waals surface area contributed by atoms with Crippen LogP contribution in [0.2, 0.25) is 0 Å². The Morgan fingerprint density at radius 3 is 2.36 bits per heavy atom. The van der Waals surface area contributed by atoms with Crippen molar-refractivity contribution in [3.8, 4) is 22.8 Å². The lowest BCUT2D eigenvalue weighted by Gasteiger charge is -2.56. The van der Waals surface area contributed by atoms with Gasteiger partial charge in [0.1, 0.15) is 0 Å². The van der Waals surface area contributed by atoms with E-state index in [1.807, 2.05) is 6.07 Å². The standard InChI is InChI=1S/C29H30N2O5/c1-35-26-11-20(24-12-22(28(33)34)21-4-2-3-5-23(21)30-24)6-7-25(26)36-16-27(32)31-29-13-17-8-18(14-29)10-19(9-17)15-29/h2-7,11-12,17-19H,8-10,13-16H2,1H3,(H,31,32)(H,33,34). The van der Waals surface area contributed by atoms with Gasteiger partial charge >= 0.3 is 5.97 Å². The monoisotopic (exact) mass is 486 g/mol. The van der Waals surface area contributed by atoms with Gasteiger partial charge in [0.25, 0.3) is 5.91 Å². The van der Waals surface area contributed by atoms with E-state index in [1.165, 1.54) is 26.4 Å². The van der Waals surface area contributed by atoms with Crippen molar-refractivity contribution in [1.82, 2.24) is 10.3 Å². The number of nitrogens with one attached hydrogen (secondary N) is 1. The number of carbonyl (C=O) groups excluding carboxylic acids is 1. The van der Waals surface area contributed by atoms with E-state index in [0.29, 0.717) is 33.7 Å². The molecule has 4 bridgehead atoms. The van der Waals surface area contributed by atoms with Gasteiger partial charge in [0, 0.05) is 16.5 Å². The summed E-state index contributed by atoms with van der Waals surface area (Å²) in [7, 11) is 1.54. The van der Waals surface area contributed by atoms with E-state index in [2.05, 4.69) is 10.3 Å². The van der Waals surface area contributed by atoms with Crippen LogP contribution in [-0.4, -0.2) is 41.2 Å². The molecule has 4 aliphatic rings. The van der Waals surface area contributed by atoms with E-state index >= 15 is 0 Å². The number of aromatic nitrogens is 1. The number of methoxy groups -OCH3 is 1. The second-order valence-corrected chi connectivity index (χ2v) is 10.8. The van der Waals surface area contributed by atoms with Crippen LogP contribution < -0.4 is 14.8 Å². The minimum absolute atomic E-state index is 0.0489. The summed E-state index contributed by atoms with van der Waals surface area (Å²) in [6, 6.07) is 14.0. The quantitative estimate of drug-likeness (QED) is 0.484. The summed E-state index contributed by atoms with van der Waals surface area (Å²) >= 11 is 0. The molecule has 0 radical (unpaired) electrons. The molecule has 0 saturated heterocycles. The summed E-state index contributed by atoms with van der Waals surface area (Å²) in [5.41, 5.74) is 1.97. The maximum atomic E-state index is 12.9. The smallest absolute Gasteiger partial charge is 0.336 e. The first-order valence-corrected chi connectivity index (χ1v) is 12.7. The zero-order valence-corrected chi connectivity index (χ0v) is 20.3. The minimum Gasteiger partial charge on any atom is -0.493 e. The van der Waals surface area contributed by atoms with E-state index in [-0.39, 0.29) is 23.6 Å². The Morgan fingerprint density at radius 2 is 1.69 bits per heavy atom. The maximum Gasteiger partial charge on any atom is 0.336 e. The van der Waals surface area contributed by atoms with Gasteiger partial charge < -0.3 is 19.9 Å². The largest absolute Gasteiger partial charge is 0.493 e. The van der Waals surface area contributed by atoms with Gasteiger partial charge in [-0.25, -0.2) is 9.78 Å². The number of carboxylic acid groups (broad SMARTS) is 1. The SMILES string of the molecule is COc1cc(-c2cc(C(=O)O)c3ccccc3n2)ccc1OCC(=O)NC12CC3CC(CC(C3)C1)C2. The molecule has 0 spiro atoms. The number of nitrogens with zero attached hydrogens (tertiary/aromatic N) is 1. The van der Waals surface area contributed by atoms with Gasteiger partial charge in [-0.1, -0.05) is 18.2 Å². The van der Waals surface area contributed by atoms with Gasteiger partial charge in [-0.2, -0.15) is 0 Å². The first-order chi connectivity index (χ1) is 17.4. The van der Waals surface area contributed by atoms with Crippen LogP contribution in [-0.2, 0) is 4.79 Å². The molecule has 4 aliphatic carbocycles. The van der Waals surface area contributed by atoms with Crippen molar-refractivity contribution in [2.24, 2.45) is 17.8 Å². The summed E-state index contributed by atoms with van der Waals surface area (Å²) in [6.07, 6.45) is 7.28. The van der Waals surface area contributed by atoms with Crippen LogP contribution in [0.1, 0.15) is 48.9 Å². The number of aromatic carboxylic acids is 1. The van der Waals surface area contributed by atoms with Crippen LogP contribution in [0.5, 0.6) is 11.5 Å². The first kappa shape index (κ1) is 22.8. The molecule has 0 atom stereocenters. The maximum absolute atomic E-state index is 12.9. The van der Waals surface area contributed by atoms with Crippen LogP contribution in [0.3, 0.4) is 0 Å². The van der Waals surface area contributed by atoms with E-state index in [1.54, 1.807) is 42.5 Å². The van der Waals surface area contributed by atoms with Crippen molar-refractivity contribution in [2.45, 2.75) is 44.1 Å². The second-order valence-electron chi connectivity index (χ2n) is 10.8. The lowest BCUT2D eigenvalue weighted by Crippen LogP contribution is -2.60. The predicted molar refractivity (Wildman–Crippen MR) is 135 cm³/mol. The average molecular weight is 487 g/mol. The van der Waals surface area contributed by atoms with Crippen LogP contribution in [0.25, 0.3) is 22.2 Å². The first-order valence-electron chi connectivity index (χ1n) is 12.7. The van der Waals surface area contributed by atoms with E-state index < -0.39 is 5.97 Å². The predicted octanol–water partition coefficient (Wildman–Crippen LogP) is 5.07. The number of benzene rings is 2. The number of amides is 1. The zero-order valence-electron chi connectivity index (χ0n) is 20.3. The summed E-state index contributed by atoms with van der Waals surface area (Å²) in [5.74, 6) is 2.10. The van der Waals surface area contributed by atoms with Gasteiger partial charge in [0.15, 0.2) is 18.1 Å². The molecule has 4 saturated carbocycles. The molecule has 3 aromatic rings. The highest BCUT2D eigenvalue weighted by molar-refractivity contribution is 6.03. The Labute approximate surface area is 209 Å². The zero-order chi connectivity index (χ0) is 24.9. The van der Waals surface area contributed by atoms with Crippen LogP contribution in [0, 0.1) is 17.8 Å². The van der Waals surface area contributed by atoms with E-state index in [0.717, 1.165) is 37.0 Å². The normalized spacial score (nSPS) is 26.1. The van der Waals surface area contributed by atoms with E-state index in [4.69, 9.17) is 9.47 Å². The molecule has 0 aliphatic heterocycles. The molecule has 2 N–H and O–H groups in total. The van der Waals surface area contributed by atoms with Gasteiger partial charge in [-0.05, 0) is 86.6 Å². The third-order valence-electron chi connectivity index (χ3n) is 8.21. The molecule has 7 heteroatoms. The Balaban J connectivity index is 1.18. The second kappa shape index (κ2) is 8.80. The summed E-state index contributed by atoms with van der Waals surface area (Å²) in [6.45, 7) is -0.0746. The summed E-state index contributed by atoms with van der Waals surface area (Å²) < 4.78 is 11.4. The summed E-state index contributed by atoms with van der Waals surface area (Å²) in [4.78, 5) is 29.4. The average Bonchev–Trinajstić information content (AvgIpc) is 2.85. The third-order valence-corrected chi connectivity index (χ3v) is 8.21. The number of carbonyl (C=O) groups is 2. The minimum atomic E-state index is -1.01. The number of hydrogen-bond acceptors (Lipinski definition) is 5. The number of para-hydroxylation sites is 1. The van der Waals surface area contributed by atoms with Crippen molar-refractivity contribution < 1.29 is 24.2 Å². The van der Waals surface area contributed by atoms with Crippen molar-refractivity contribution in [2.75, 3.05) is 13.7 Å². The van der Waals surface area contributed by atoms with Crippen molar-refractivity contribution in [1.29, 1.82) is 0 Å². The number of hydrogen-bond donors (Lipinski definition) is 2. The molecule has 1 amide bonds. The topological polar surface area (TPSA) is 97.8 Å². The van der Waals surface area contributed by atoms with Gasteiger partial charge in [0.05, 0.1) is 23.9 Å². The van der Waals surface area contributed by atoms with Gasteiger partial charge in [0.2, 0.25) is 0 Å². The number of carboxylic acids is 1. The number of fused-ring (bicyclic) bond motifs is 1. The lowest BCUT2D eigenvalue weighted by atomic mass is 9.53. The van der Waals surface area contributed by atoms with Crippen molar-refractivity contribution in [3.63, 3.8) is 0 Å².